The summed E-state index contributed by atoms with van der Waals surface area (Å²) in [5.41, 5.74) is 2.89. The molecule has 3 heterocycles. The molecular formula is C24H17Cl2N5O3S. The van der Waals surface area contributed by atoms with Gasteiger partial charge in [-0.2, -0.15) is 10.4 Å². The highest BCUT2D eigenvalue weighted by atomic mass is 35.5. The Morgan fingerprint density at radius 2 is 1.91 bits per heavy atom. The molecule has 2 aromatic heterocycles. The van der Waals surface area contributed by atoms with Crippen molar-refractivity contribution in [3.05, 3.63) is 69.5 Å². The molecule has 11 heteroatoms. The smallest absolute Gasteiger partial charge is 0.206 e. The Balaban J connectivity index is 1.46. The number of pyridine rings is 1. The molecule has 2 aromatic carbocycles. The van der Waals surface area contributed by atoms with Gasteiger partial charge in [0, 0.05) is 5.39 Å². The predicted molar refractivity (Wildman–Crippen MR) is 137 cm³/mol. The average molecular weight is 526 g/mol. The van der Waals surface area contributed by atoms with E-state index < -0.39 is 12.6 Å². The highest BCUT2D eigenvalue weighted by Crippen LogP contribution is 2.41. The Morgan fingerprint density at radius 3 is 2.60 bits per heavy atom. The number of aliphatic hydroxyl groups is 2. The van der Waals surface area contributed by atoms with Crippen LogP contribution < -0.4 is 15.1 Å². The van der Waals surface area contributed by atoms with E-state index in [1.165, 1.54) is 12.1 Å². The normalized spacial score (nSPS) is 17.8. The third kappa shape index (κ3) is 4.56. The Bertz CT molecular complexity index is 1480. The molecule has 35 heavy (non-hydrogen) atoms. The summed E-state index contributed by atoms with van der Waals surface area (Å²) in [6.45, 7) is 2.02. The lowest BCUT2D eigenvalue weighted by Gasteiger charge is -2.32. The lowest BCUT2D eigenvalue weighted by Crippen LogP contribution is -2.55. The van der Waals surface area contributed by atoms with Gasteiger partial charge in [0.25, 0.3) is 0 Å². The standard InChI is InChI=1S/C24H17Cl2N5O3S/c1-12-7-19(21-3-2-6-35-21)28-18-5-4-14(10-15(12)18)34-22-16(25)8-13(9-17(22)26)31-24(33)29-23(32)20(11-27)30-31/h2-10,23-24,29,32-33H,1H3. The molecular weight excluding hydrogens is 509 g/mol. The second-order valence-electron chi connectivity index (χ2n) is 7.71. The van der Waals surface area contributed by atoms with Crippen molar-refractivity contribution in [3.63, 3.8) is 0 Å². The number of ether oxygens (including phenoxy) is 1. The summed E-state index contributed by atoms with van der Waals surface area (Å²) in [4.78, 5) is 5.87. The van der Waals surface area contributed by atoms with E-state index in [-0.39, 0.29) is 21.5 Å². The van der Waals surface area contributed by atoms with Gasteiger partial charge >= 0.3 is 0 Å². The maximum absolute atomic E-state index is 10.2. The molecule has 3 N–H and O–H groups in total. The van der Waals surface area contributed by atoms with E-state index in [1.54, 1.807) is 23.5 Å². The number of hydrazone groups is 1. The van der Waals surface area contributed by atoms with Crippen LogP contribution in [0.1, 0.15) is 5.56 Å². The molecule has 0 fully saturated rings. The van der Waals surface area contributed by atoms with Gasteiger partial charge in [-0.1, -0.05) is 29.3 Å². The van der Waals surface area contributed by atoms with E-state index in [0.717, 1.165) is 32.0 Å². The van der Waals surface area contributed by atoms with Crippen molar-refractivity contribution < 1.29 is 14.9 Å². The number of anilines is 1. The Kier molecular flexibility index (Phi) is 6.34. The van der Waals surface area contributed by atoms with Gasteiger partial charge in [-0.15, -0.1) is 11.3 Å². The Morgan fingerprint density at radius 1 is 1.14 bits per heavy atom. The topological polar surface area (TPSA) is 114 Å². The molecule has 2 atom stereocenters. The fraction of sp³-hybridized carbons (Fsp3) is 0.125. The van der Waals surface area contributed by atoms with Gasteiger partial charge in [-0.3, -0.25) is 0 Å². The second-order valence-corrected chi connectivity index (χ2v) is 9.47. The molecule has 176 valence electrons. The van der Waals surface area contributed by atoms with Crippen LogP contribution in [0, 0.1) is 18.3 Å². The number of aromatic nitrogens is 1. The summed E-state index contributed by atoms with van der Waals surface area (Å²) < 4.78 is 6.02. The Hall–Kier alpha value is -3.23. The van der Waals surface area contributed by atoms with Crippen LogP contribution in [0.2, 0.25) is 10.0 Å². The molecule has 0 saturated carbocycles. The number of aliphatic hydroxyl groups excluding tert-OH is 2. The molecule has 0 amide bonds. The van der Waals surface area contributed by atoms with Crippen LogP contribution in [0.25, 0.3) is 21.5 Å². The molecule has 0 saturated heterocycles. The van der Waals surface area contributed by atoms with Crippen molar-refractivity contribution in [1.29, 1.82) is 5.26 Å². The van der Waals surface area contributed by atoms with Gasteiger partial charge in [0.05, 0.1) is 31.8 Å². The first-order valence-electron chi connectivity index (χ1n) is 10.4. The number of aryl methyl sites for hydroxylation is 1. The zero-order chi connectivity index (χ0) is 24.7. The third-order valence-electron chi connectivity index (χ3n) is 5.36. The van der Waals surface area contributed by atoms with E-state index in [4.69, 9.17) is 38.2 Å². The number of nitrogens with one attached hydrogen (secondary N) is 1. The van der Waals surface area contributed by atoms with Crippen molar-refractivity contribution >= 4 is 56.8 Å². The summed E-state index contributed by atoms with van der Waals surface area (Å²) in [6.07, 6.45) is -2.77. The first-order chi connectivity index (χ1) is 16.8. The first-order valence-corrected chi connectivity index (χ1v) is 12.0. The minimum Gasteiger partial charge on any atom is -0.454 e. The highest BCUT2D eigenvalue weighted by Gasteiger charge is 2.29. The molecule has 2 unspecified atom stereocenters. The van der Waals surface area contributed by atoms with E-state index in [9.17, 15) is 10.2 Å². The maximum Gasteiger partial charge on any atom is 0.206 e. The quantitative estimate of drug-likeness (QED) is 0.333. The Labute approximate surface area is 214 Å². The van der Waals surface area contributed by atoms with Crippen LogP contribution in [0.3, 0.4) is 0 Å². The van der Waals surface area contributed by atoms with Gasteiger partial charge in [0.15, 0.2) is 17.7 Å². The number of halogens is 2. The van der Waals surface area contributed by atoms with Crippen molar-refractivity contribution in [2.24, 2.45) is 5.10 Å². The van der Waals surface area contributed by atoms with Crippen LogP contribution in [-0.4, -0.2) is 33.5 Å². The van der Waals surface area contributed by atoms with E-state index in [0.29, 0.717) is 11.4 Å². The van der Waals surface area contributed by atoms with Gasteiger partial charge in [0.1, 0.15) is 11.8 Å². The number of hydrogen-bond acceptors (Lipinski definition) is 9. The van der Waals surface area contributed by atoms with E-state index in [1.807, 2.05) is 42.6 Å². The van der Waals surface area contributed by atoms with Crippen molar-refractivity contribution in [2.75, 3.05) is 5.01 Å². The van der Waals surface area contributed by atoms with Crippen molar-refractivity contribution in [2.45, 2.75) is 19.5 Å². The summed E-state index contributed by atoms with van der Waals surface area (Å²) >= 11 is 14.6. The number of nitriles is 1. The van der Waals surface area contributed by atoms with Crippen molar-refractivity contribution in [1.82, 2.24) is 10.3 Å². The van der Waals surface area contributed by atoms with Gasteiger partial charge < -0.3 is 14.9 Å². The minimum atomic E-state index is -1.39. The summed E-state index contributed by atoms with van der Waals surface area (Å²) in [7, 11) is 0. The molecule has 0 spiro atoms. The van der Waals surface area contributed by atoms with Crippen LogP contribution in [0.4, 0.5) is 5.69 Å². The lowest BCUT2D eigenvalue weighted by molar-refractivity contribution is 0.0631. The second kappa shape index (κ2) is 9.43. The van der Waals surface area contributed by atoms with Gasteiger partial charge in [-0.05, 0) is 60.3 Å². The predicted octanol–water partition coefficient (Wildman–Crippen LogP) is 5.25. The minimum absolute atomic E-state index is 0.169. The van der Waals surface area contributed by atoms with Gasteiger partial charge in [-0.25, -0.2) is 15.3 Å². The van der Waals surface area contributed by atoms with Crippen LogP contribution >= 0.6 is 34.5 Å². The number of benzene rings is 2. The number of hydrogen-bond donors (Lipinski definition) is 3. The molecule has 8 nitrogen and oxygen atoms in total. The van der Waals surface area contributed by atoms with Crippen LogP contribution in [0.15, 0.2) is 59.0 Å². The molecule has 4 aromatic rings. The van der Waals surface area contributed by atoms with Crippen LogP contribution in [-0.2, 0) is 0 Å². The number of thiophene rings is 1. The molecule has 0 radical (unpaired) electrons. The third-order valence-corrected chi connectivity index (χ3v) is 6.81. The summed E-state index contributed by atoms with van der Waals surface area (Å²) in [6, 6.07) is 16.4. The fourth-order valence-electron chi connectivity index (χ4n) is 3.68. The molecule has 5 rings (SSSR count). The molecule has 0 aliphatic carbocycles. The molecule has 0 bridgehead atoms. The largest absolute Gasteiger partial charge is 0.454 e. The van der Waals surface area contributed by atoms with E-state index in [2.05, 4.69) is 10.4 Å². The van der Waals surface area contributed by atoms with E-state index >= 15 is 0 Å². The summed E-state index contributed by atoms with van der Waals surface area (Å²) in [5, 5.41) is 39.8. The highest BCUT2D eigenvalue weighted by molar-refractivity contribution is 7.13. The number of fused-ring (bicyclic) bond motifs is 1. The zero-order valence-electron chi connectivity index (χ0n) is 18.1. The zero-order valence-corrected chi connectivity index (χ0v) is 20.4. The monoisotopic (exact) mass is 525 g/mol. The number of rotatable bonds is 4. The van der Waals surface area contributed by atoms with Gasteiger partial charge in [0.2, 0.25) is 6.35 Å². The first kappa shape index (κ1) is 23.5. The summed E-state index contributed by atoms with van der Waals surface area (Å²) in [5.74, 6) is 0.747. The molecule has 1 aliphatic rings. The fourth-order valence-corrected chi connectivity index (χ4v) is 4.92. The van der Waals surface area contributed by atoms with Crippen molar-refractivity contribution in [3.8, 4) is 28.1 Å². The molecule has 1 aliphatic heterocycles. The average Bonchev–Trinajstić information content (AvgIpc) is 3.37. The van der Waals surface area contributed by atoms with Crippen LogP contribution in [0.5, 0.6) is 11.5 Å². The lowest BCUT2D eigenvalue weighted by atomic mass is 10.1. The number of nitrogens with zero attached hydrogens (tertiary/aromatic N) is 4. The maximum atomic E-state index is 10.2. The SMILES string of the molecule is Cc1cc(-c2cccs2)nc2ccc(Oc3c(Cl)cc(N4N=C(C#N)C(O)NC4O)cc3Cl)cc12.